The van der Waals surface area contributed by atoms with Crippen molar-refractivity contribution in [2.45, 2.75) is 20.5 Å². The van der Waals surface area contributed by atoms with E-state index in [1.54, 1.807) is 7.11 Å². The lowest BCUT2D eigenvalue weighted by Crippen LogP contribution is -2.02. The van der Waals surface area contributed by atoms with Gasteiger partial charge in [0.15, 0.2) is 0 Å². The smallest absolute Gasteiger partial charge is 0.142 e. The number of aliphatic hydroxyl groups excluding tert-OH is 1. The third-order valence-corrected chi connectivity index (χ3v) is 3.03. The van der Waals surface area contributed by atoms with Crippen LogP contribution in [0.25, 0.3) is 5.69 Å². The normalized spacial score (nSPS) is 10.6. The zero-order valence-electron chi connectivity index (χ0n) is 10.4. The summed E-state index contributed by atoms with van der Waals surface area (Å²) in [6.07, 6.45) is 0. The van der Waals surface area contributed by atoms with Gasteiger partial charge in [-0.05, 0) is 37.6 Å². The minimum Gasteiger partial charge on any atom is -0.495 e. The molecular formula is C14H17NO2. The highest BCUT2D eigenvalue weighted by atomic mass is 16.5. The highest BCUT2D eigenvalue weighted by Gasteiger charge is 2.12. The number of hydrogen-bond donors (Lipinski definition) is 1. The average molecular weight is 231 g/mol. The maximum atomic E-state index is 9.29. The monoisotopic (exact) mass is 231 g/mol. The summed E-state index contributed by atoms with van der Waals surface area (Å²) in [7, 11) is 1.67. The van der Waals surface area contributed by atoms with Crippen molar-refractivity contribution in [2.24, 2.45) is 0 Å². The summed E-state index contributed by atoms with van der Waals surface area (Å²) in [5, 5.41) is 9.29. The second kappa shape index (κ2) is 4.63. The van der Waals surface area contributed by atoms with Crippen molar-refractivity contribution in [2.75, 3.05) is 7.11 Å². The second-order valence-corrected chi connectivity index (χ2v) is 4.06. The number of benzene rings is 1. The highest BCUT2D eigenvalue weighted by Crippen LogP contribution is 2.27. The number of aryl methyl sites for hydroxylation is 1. The molecule has 0 unspecified atom stereocenters. The Morgan fingerprint density at radius 1 is 1.24 bits per heavy atom. The third kappa shape index (κ3) is 1.94. The molecular weight excluding hydrogens is 214 g/mol. The summed E-state index contributed by atoms with van der Waals surface area (Å²) in [6.45, 7) is 4.10. The highest BCUT2D eigenvalue weighted by molar-refractivity contribution is 5.50. The van der Waals surface area contributed by atoms with Gasteiger partial charge in [-0.2, -0.15) is 0 Å². The Kier molecular flexibility index (Phi) is 3.20. The molecule has 0 aliphatic rings. The number of rotatable bonds is 3. The van der Waals surface area contributed by atoms with Crippen molar-refractivity contribution in [1.29, 1.82) is 0 Å². The van der Waals surface area contributed by atoms with E-state index in [1.807, 2.05) is 44.2 Å². The summed E-state index contributed by atoms with van der Waals surface area (Å²) in [5.74, 6) is 0.832. The summed E-state index contributed by atoms with van der Waals surface area (Å²) >= 11 is 0. The number of aliphatic hydroxyl groups is 1. The molecule has 2 aromatic rings. The summed E-state index contributed by atoms with van der Waals surface area (Å²) in [5.41, 5.74) is 4.10. The first kappa shape index (κ1) is 11.7. The van der Waals surface area contributed by atoms with Crippen molar-refractivity contribution in [3.8, 4) is 11.4 Å². The second-order valence-electron chi connectivity index (χ2n) is 4.06. The van der Waals surface area contributed by atoms with Crippen LogP contribution in [0.15, 0.2) is 30.3 Å². The van der Waals surface area contributed by atoms with Crippen molar-refractivity contribution >= 4 is 0 Å². The molecule has 0 amide bonds. The van der Waals surface area contributed by atoms with Gasteiger partial charge in [0.05, 0.1) is 19.4 Å². The average Bonchev–Trinajstić information content (AvgIpc) is 2.64. The molecule has 3 heteroatoms. The van der Waals surface area contributed by atoms with Gasteiger partial charge in [-0.25, -0.2) is 0 Å². The van der Waals surface area contributed by atoms with Gasteiger partial charge in [0.1, 0.15) is 5.75 Å². The van der Waals surface area contributed by atoms with Gasteiger partial charge in [-0.15, -0.1) is 0 Å². The summed E-state index contributed by atoms with van der Waals surface area (Å²) < 4.78 is 7.47. The fraction of sp³-hybridized carbons (Fsp3) is 0.286. The van der Waals surface area contributed by atoms with Gasteiger partial charge in [0.25, 0.3) is 0 Å². The van der Waals surface area contributed by atoms with Gasteiger partial charge >= 0.3 is 0 Å². The molecule has 0 aliphatic heterocycles. The van der Waals surface area contributed by atoms with Crippen LogP contribution in [-0.2, 0) is 6.61 Å². The quantitative estimate of drug-likeness (QED) is 0.881. The Hall–Kier alpha value is -1.74. The molecule has 0 radical (unpaired) electrons. The Balaban J connectivity index is 2.64. The van der Waals surface area contributed by atoms with E-state index in [9.17, 15) is 5.11 Å². The van der Waals surface area contributed by atoms with Crippen LogP contribution < -0.4 is 4.74 Å². The minimum atomic E-state index is 0.0643. The van der Waals surface area contributed by atoms with Gasteiger partial charge in [-0.1, -0.05) is 12.1 Å². The first-order chi connectivity index (χ1) is 8.19. The van der Waals surface area contributed by atoms with Crippen LogP contribution in [0.2, 0.25) is 0 Å². The zero-order chi connectivity index (χ0) is 12.4. The van der Waals surface area contributed by atoms with Crippen LogP contribution in [0.3, 0.4) is 0 Å². The van der Waals surface area contributed by atoms with Crippen LogP contribution in [0, 0.1) is 13.8 Å². The number of methoxy groups -OCH3 is 1. The van der Waals surface area contributed by atoms with E-state index in [0.717, 1.165) is 28.4 Å². The molecule has 1 heterocycles. The predicted molar refractivity (Wildman–Crippen MR) is 67.7 cm³/mol. The predicted octanol–water partition coefficient (Wildman–Crippen LogP) is 2.60. The number of aromatic nitrogens is 1. The van der Waals surface area contributed by atoms with E-state index in [-0.39, 0.29) is 6.61 Å². The zero-order valence-corrected chi connectivity index (χ0v) is 10.4. The molecule has 0 aliphatic carbocycles. The molecule has 0 atom stereocenters. The van der Waals surface area contributed by atoms with E-state index in [4.69, 9.17) is 4.74 Å². The largest absolute Gasteiger partial charge is 0.495 e. The molecule has 0 spiro atoms. The van der Waals surface area contributed by atoms with Crippen LogP contribution in [0.4, 0.5) is 0 Å². The van der Waals surface area contributed by atoms with E-state index >= 15 is 0 Å². The fourth-order valence-corrected chi connectivity index (χ4v) is 2.17. The van der Waals surface area contributed by atoms with Gasteiger partial charge in [0, 0.05) is 11.4 Å². The van der Waals surface area contributed by atoms with Gasteiger partial charge in [-0.3, -0.25) is 0 Å². The number of nitrogens with zero attached hydrogens (tertiary/aromatic N) is 1. The van der Waals surface area contributed by atoms with Crippen molar-refractivity contribution in [3.63, 3.8) is 0 Å². The Labute approximate surface area is 101 Å². The maximum Gasteiger partial charge on any atom is 0.142 e. The van der Waals surface area contributed by atoms with Crippen molar-refractivity contribution < 1.29 is 9.84 Å². The molecule has 1 aromatic heterocycles. The molecule has 1 N–H and O–H groups in total. The summed E-state index contributed by atoms with van der Waals surface area (Å²) in [4.78, 5) is 0. The Morgan fingerprint density at radius 3 is 2.53 bits per heavy atom. The van der Waals surface area contributed by atoms with E-state index in [1.165, 1.54) is 0 Å². The number of ether oxygens (including phenoxy) is 1. The maximum absolute atomic E-state index is 9.29. The van der Waals surface area contributed by atoms with Crippen molar-refractivity contribution in [1.82, 2.24) is 4.57 Å². The molecule has 1 aromatic carbocycles. The topological polar surface area (TPSA) is 34.4 Å². The molecule has 2 rings (SSSR count). The lowest BCUT2D eigenvalue weighted by Gasteiger charge is -2.13. The fourth-order valence-electron chi connectivity index (χ4n) is 2.17. The molecule has 0 bridgehead atoms. The number of hydrogen-bond acceptors (Lipinski definition) is 2. The van der Waals surface area contributed by atoms with Crippen molar-refractivity contribution in [3.05, 3.63) is 47.3 Å². The first-order valence-electron chi connectivity index (χ1n) is 5.61. The molecule has 3 nitrogen and oxygen atoms in total. The van der Waals surface area contributed by atoms with E-state index in [0.29, 0.717) is 0 Å². The lowest BCUT2D eigenvalue weighted by molar-refractivity contribution is 0.281. The van der Waals surface area contributed by atoms with E-state index in [2.05, 4.69) is 4.57 Å². The molecule has 0 fully saturated rings. The minimum absolute atomic E-state index is 0.0643. The number of para-hydroxylation sites is 2. The Bertz CT molecular complexity index is 529. The van der Waals surface area contributed by atoms with Crippen LogP contribution in [0.5, 0.6) is 5.75 Å². The lowest BCUT2D eigenvalue weighted by atomic mass is 10.2. The molecule has 17 heavy (non-hydrogen) atoms. The molecule has 90 valence electrons. The van der Waals surface area contributed by atoms with Crippen LogP contribution in [0.1, 0.15) is 17.0 Å². The van der Waals surface area contributed by atoms with Crippen LogP contribution in [-0.4, -0.2) is 16.8 Å². The van der Waals surface area contributed by atoms with Gasteiger partial charge < -0.3 is 14.4 Å². The summed E-state index contributed by atoms with van der Waals surface area (Å²) in [6, 6.07) is 9.88. The Morgan fingerprint density at radius 2 is 1.94 bits per heavy atom. The molecule has 0 saturated carbocycles. The molecule has 0 saturated heterocycles. The van der Waals surface area contributed by atoms with Crippen LogP contribution >= 0.6 is 0 Å². The first-order valence-corrected chi connectivity index (χ1v) is 5.61. The third-order valence-electron chi connectivity index (χ3n) is 3.03. The SMILES string of the molecule is COc1ccccc1-n1c(C)cc(CO)c1C. The standard InChI is InChI=1S/C14H17NO2/c1-10-8-12(9-16)11(2)15(10)13-6-4-5-7-14(13)17-3/h4-8,16H,9H2,1-3H3. The van der Waals surface area contributed by atoms with Gasteiger partial charge in [0.2, 0.25) is 0 Å². The van der Waals surface area contributed by atoms with E-state index < -0.39 is 0 Å².